The Morgan fingerprint density at radius 1 is 1.11 bits per heavy atom. The summed E-state index contributed by atoms with van der Waals surface area (Å²) in [4.78, 5) is 26.5. The summed E-state index contributed by atoms with van der Waals surface area (Å²) >= 11 is 1.07. The van der Waals surface area contributed by atoms with Crippen LogP contribution in [0.2, 0.25) is 0 Å². The number of nitrogens with one attached hydrogen (secondary N) is 1. The first-order chi connectivity index (χ1) is 13.0. The molecule has 0 aliphatic heterocycles. The number of anilines is 1. The third-order valence-corrected chi connectivity index (χ3v) is 4.38. The van der Waals surface area contributed by atoms with Crippen LogP contribution < -0.4 is 10.2 Å². The summed E-state index contributed by atoms with van der Waals surface area (Å²) in [6.45, 7) is 2.02. The van der Waals surface area contributed by atoms with Gasteiger partial charge in [0, 0.05) is 17.6 Å². The number of rotatable bonds is 6. The number of benzene rings is 2. The third-order valence-electron chi connectivity index (χ3n) is 3.87. The molecular formula is C19H17FN4O2S. The van der Waals surface area contributed by atoms with Gasteiger partial charge in [0.1, 0.15) is 12.4 Å². The van der Waals surface area contributed by atoms with Gasteiger partial charge in [-0.25, -0.2) is 4.39 Å². The highest BCUT2D eigenvalue weighted by Gasteiger charge is 2.22. The summed E-state index contributed by atoms with van der Waals surface area (Å²) in [6, 6.07) is 13.1. The number of nitrogens with zero attached hydrogens (tertiary/aromatic N) is 3. The molecule has 0 spiro atoms. The van der Waals surface area contributed by atoms with Crippen molar-refractivity contribution in [2.75, 3.05) is 11.4 Å². The van der Waals surface area contributed by atoms with Crippen molar-refractivity contribution in [2.45, 2.75) is 13.5 Å². The van der Waals surface area contributed by atoms with Crippen molar-refractivity contribution in [2.24, 2.45) is 0 Å². The van der Waals surface area contributed by atoms with Gasteiger partial charge in [-0.15, -0.1) is 5.10 Å². The Morgan fingerprint density at radius 2 is 1.81 bits per heavy atom. The Bertz CT molecular complexity index is 912. The summed E-state index contributed by atoms with van der Waals surface area (Å²) in [5, 5.41) is 8.08. The average molecular weight is 384 g/mol. The molecule has 0 saturated carbocycles. The van der Waals surface area contributed by atoms with E-state index in [2.05, 4.69) is 14.9 Å². The average Bonchev–Trinajstić information content (AvgIpc) is 3.21. The van der Waals surface area contributed by atoms with Crippen LogP contribution in [0.5, 0.6) is 0 Å². The highest BCUT2D eigenvalue weighted by Crippen LogP contribution is 2.18. The minimum Gasteiger partial charge on any atom is -0.350 e. The minimum atomic E-state index is -0.399. The van der Waals surface area contributed by atoms with Gasteiger partial charge in [-0.1, -0.05) is 34.3 Å². The fraction of sp³-hybridized carbons (Fsp3) is 0.158. The first-order valence-electron chi connectivity index (χ1n) is 8.19. The van der Waals surface area contributed by atoms with E-state index in [0.29, 0.717) is 5.69 Å². The lowest BCUT2D eigenvalue weighted by molar-refractivity contribution is -0.119. The van der Waals surface area contributed by atoms with Gasteiger partial charge >= 0.3 is 0 Å². The maximum atomic E-state index is 13.0. The Balaban J connectivity index is 1.72. The fourth-order valence-electron chi connectivity index (χ4n) is 2.40. The second-order valence-corrected chi connectivity index (χ2v) is 6.53. The molecule has 1 N–H and O–H groups in total. The molecule has 0 saturated heterocycles. The van der Waals surface area contributed by atoms with Gasteiger partial charge in [0.05, 0.1) is 0 Å². The Hall–Kier alpha value is -3.13. The number of hydrogen-bond donors (Lipinski definition) is 1. The van der Waals surface area contributed by atoms with Gasteiger partial charge in [0.2, 0.25) is 5.91 Å². The lowest BCUT2D eigenvalue weighted by atomic mass is 10.2. The molecule has 6 nitrogen and oxygen atoms in total. The Morgan fingerprint density at radius 3 is 2.44 bits per heavy atom. The second kappa shape index (κ2) is 8.50. The molecule has 0 fully saturated rings. The molecule has 3 aromatic rings. The quantitative estimate of drug-likeness (QED) is 0.709. The molecule has 3 rings (SSSR count). The van der Waals surface area contributed by atoms with Crippen LogP contribution >= 0.6 is 11.5 Å². The zero-order chi connectivity index (χ0) is 19.2. The monoisotopic (exact) mass is 384 g/mol. The molecule has 0 radical (unpaired) electrons. The largest absolute Gasteiger partial charge is 0.350 e. The van der Waals surface area contributed by atoms with Gasteiger partial charge in [0.15, 0.2) is 5.69 Å². The molecular weight excluding hydrogens is 367 g/mol. The minimum absolute atomic E-state index is 0.166. The molecule has 1 heterocycles. The molecule has 0 aliphatic carbocycles. The number of aromatic nitrogens is 2. The number of amides is 2. The zero-order valence-corrected chi connectivity index (χ0v) is 15.4. The summed E-state index contributed by atoms with van der Waals surface area (Å²) in [5.41, 5.74) is 2.59. The van der Waals surface area contributed by atoms with Gasteiger partial charge < -0.3 is 5.32 Å². The standard InChI is InChI=1S/C19H17FN4O2S/c1-13-2-8-16(9-3-13)24(19(26)17-12-27-23-22-17)11-18(25)21-10-14-4-6-15(20)7-5-14/h2-9,12H,10-11H2,1H3,(H,21,25). The zero-order valence-electron chi connectivity index (χ0n) is 14.6. The number of aryl methyl sites for hydroxylation is 1. The van der Waals surface area contributed by atoms with Crippen LogP contribution in [0.25, 0.3) is 0 Å². The molecule has 0 atom stereocenters. The van der Waals surface area contributed by atoms with Gasteiger partial charge in [0.25, 0.3) is 5.91 Å². The van der Waals surface area contributed by atoms with Crippen LogP contribution in [0.3, 0.4) is 0 Å². The van der Waals surface area contributed by atoms with Crippen molar-refractivity contribution in [3.8, 4) is 0 Å². The molecule has 0 aliphatic rings. The predicted octanol–water partition coefficient (Wildman–Crippen LogP) is 2.95. The van der Waals surface area contributed by atoms with Crippen LogP contribution in [0.1, 0.15) is 21.6 Å². The normalized spacial score (nSPS) is 10.4. The molecule has 1 aromatic heterocycles. The van der Waals surface area contributed by atoms with E-state index in [1.807, 2.05) is 19.1 Å². The first-order valence-corrected chi connectivity index (χ1v) is 9.03. The van der Waals surface area contributed by atoms with Gasteiger partial charge in [-0.3, -0.25) is 14.5 Å². The third kappa shape index (κ3) is 4.95. The molecule has 138 valence electrons. The highest BCUT2D eigenvalue weighted by atomic mass is 32.1. The number of carbonyl (C=O) groups is 2. The van der Waals surface area contributed by atoms with E-state index in [-0.39, 0.29) is 30.5 Å². The van der Waals surface area contributed by atoms with Crippen molar-refractivity contribution in [1.29, 1.82) is 0 Å². The van der Waals surface area contributed by atoms with Crippen molar-refractivity contribution in [3.63, 3.8) is 0 Å². The van der Waals surface area contributed by atoms with Crippen LogP contribution in [0.4, 0.5) is 10.1 Å². The Labute approximate surface area is 159 Å². The van der Waals surface area contributed by atoms with Crippen molar-refractivity contribution in [1.82, 2.24) is 14.9 Å². The molecule has 0 unspecified atom stereocenters. The van der Waals surface area contributed by atoms with E-state index in [1.54, 1.807) is 29.6 Å². The second-order valence-electron chi connectivity index (χ2n) is 5.92. The van der Waals surface area contributed by atoms with Crippen molar-refractivity contribution >= 4 is 29.0 Å². The summed E-state index contributed by atoms with van der Waals surface area (Å²) < 4.78 is 16.7. The molecule has 27 heavy (non-hydrogen) atoms. The first kappa shape index (κ1) is 18.7. The lowest BCUT2D eigenvalue weighted by Crippen LogP contribution is -2.40. The number of halogens is 1. The highest BCUT2D eigenvalue weighted by molar-refractivity contribution is 7.03. The molecule has 0 bridgehead atoms. The number of hydrogen-bond acceptors (Lipinski definition) is 5. The lowest BCUT2D eigenvalue weighted by Gasteiger charge is -2.21. The maximum Gasteiger partial charge on any atom is 0.280 e. The predicted molar refractivity (Wildman–Crippen MR) is 101 cm³/mol. The smallest absolute Gasteiger partial charge is 0.280 e. The van der Waals surface area contributed by atoms with Crippen molar-refractivity contribution < 1.29 is 14.0 Å². The van der Waals surface area contributed by atoms with Crippen LogP contribution in [-0.4, -0.2) is 27.9 Å². The van der Waals surface area contributed by atoms with Gasteiger partial charge in [-0.2, -0.15) is 0 Å². The van der Waals surface area contributed by atoms with Crippen LogP contribution in [-0.2, 0) is 11.3 Å². The van der Waals surface area contributed by atoms with E-state index in [4.69, 9.17) is 0 Å². The van der Waals surface area contributed by atoms with E-state index in [1.165, 1.54) is 17.0 Å². The van der Waals surface area contributed by atoms with Crippen molar-refractivity contribution in [3.05, 3.63) is 76.5 Å². The Kier molecular flexibility index (Phi) is 5.87. The summed E-state index contributed by atoms with van der Waals surface area (Å²) in [5.74, 6) is -1.07. The SMILES string of the molecule is Cc1ccc(N(CC(=O)NCc2ccc(F)cc2)C(=O)c2csnn2)cc1. The van der Waals surface area contributed by atoms with E-state index >= 15 is 0 Å². The topological polar surface area (TPSA) is 75.2 Å². The van der Waals surface area contributed by atoms with Gasteiger partial charge in [-0.05, 0) is 48.3 Å². The molecule has 2 amide bonds. The molecule has 2 aromatic carbocycles. The van der Waals surface area contributed by atoms with Crippen LogP contribution in [0, 0.1) is 12.7 Å². The van der Waals surface area contributed by atoms with E-state index < -0.39 is 5.91 Å². The fourth-order valence-corrected chi connectivity index (χ4v) is 2.83. The maximum absolute atomic E-state index is 13.0. The van der Waals surface area contributed by atoms with E-state index in [9.17, 15) is 14.0 Å². The molecule has 8 heteroatoms. The van der Waals surface area contributed by atoms with Crippen LogP contribution in [0.15, 0.2) is 53.9 Å². The number of carbonyl (C=O) groups excluding carboxylic acids is 2. The summed E-state index contributed by atoms with van der Waals surface area (Å²) in [6.07, 6.45) is 0. The van der Waals surface area contributed by atoms with E-state index in [0.717, 1.165) is 22.7 Å². The summed E-state index contributed by atoms with van der Waals surface area (Å²) in [7, 11) is 0.